The first-order valence-corrected chi connectivity index (χ1v) is 6.44. The van der Waals surface area contributed by atoms with Gasteiger partial charge >= 0.3 is 0 Å². The van der Waals surface area contributed by atoms with Gasteiger partial charge in [-0.2, -0.15) is 0 Å². The minimum atomic E-state index is -1.05. The van der Waals surface area contributed by atoms with Crippen LogP contribution in [0.3, 0.4) is 0 Å². The molecule has 0 saturated heterocycles. The molecule has 1 atom stereocenters. The molecule has 0 unspecified atom stereocenters. The predicted octanol–water partition coefficient (Wildman–Crippen LogP) is 1.77. The number of benzene rings is 1. The lowest BCUT2D eigenvalue weighted by atomic mass is 10.1. The molecular formula is C14H13ClFN3O2. The fourth-order valence-electron chi connectivity index (χ4n) is 1.93. The van der Waals surface area contributed by atoms with Crippen molar-refractivity contribution in [2.45, 2.75) is 6.04 Å². The van der Waals surface area contributed by atoms with Gasteiger partial charge in [-0.05, 0) is 23.8 Å². The molecule has 2 aromatic rings. The van der Waals surface area contributed by atoms with Crippen LogP contribution in [-0.2, 0) is 11.8 Å². The van der Waals surface area contributed by atoms with Crippen LogP contribution in [0, 0.1) is 5.82 Å². The zero-order valence-corrected chi connectivity index (χ0v) is 11.9. The Morgan fingerprint density at radius 2 is 1.95 bits per heavy atom. The zero-order chi connectivity index (χ0) is 15.6. The molecule has 3 N–H and O–H groups in total. The third-order valence-corrected chi connectivity index (χ3v) is 3.17. The number of nitrogens with zero attached hydrogens (tertiary/aromatic N) is 1. The van der Waals surface area contributed by atoms with Crippen LogP contribution in [0.15, 0.2) is 36.5 Å². The van der Waals surface area contributed by atoms with E-state index in [1.54, 1.807) is 13.2 Å². The van der Waals surface area contributed by atoms with E-state index in [1.165, 1.54) is 34.9 Å². The molecule has 0 saturated carbocycles. The van der Waals surface area contributed by atoms with Crippen LogP contribution >= 0.6 is 11.6 Å². The quantitative estimate of drug-likeness (QED) is 0.903. The number of amides is 2. The second-order valence-corrected chi connectivity index (χ2v) is 4.95. The monoisotopic (exact) mass is 309 g/mol. The summed E-state index contributed by atoms with van der Waals surface area (Å²) < 4.78 is 14.4. The Morgan fingerprint density at radius 1 is 1.33 bits per heavy atom. The van der Waals surface area contributed by atoms with Gasteiger partial charge in [0.25, 0.3) is 5.91 Å². The fourth-order valence-corrected chi connectivity index (χ4v) is 2.18. The lowest BCUT2D eigenvalue weighted by molar-refractivity contribution is -0.120. The summed E-state index contributed by atoms with van der Waals surface area (Å²) in [6.45, 7) is 0. The molecule has 21 heavy (non-hydrogen) atoms. The van der Waals surface area contributed by atoms with Crippen LogP contribution in [-0.4, -0.2) is 16.4 Å². The van der Waals surface area contributed by atoms with Gasteiger partial charge in [0.05, 0.1) is 5.02 Å². The summed E-state index contributed by atoms with van der Waals surface area (Å²) in [4.78, 5) is 23.7. The van der Waals surface area contributed by atoms with Crippen molar-refractivity contribution >= 4 is 23.4 Å². The molecule has 2 rings (SSSR count). The Morgan fingerprint density at radius 3 is 2.43 bits per heavy atom. The molecule has 2 amide bonds. The number of carbonyl (C=O) groups excluding carboxylic acids is 2. The molecule has 0 fully saturated rings. The van der Waals surface area contributed by atoms with E-state index in [4.69, 9.17) is 17.3 Å². The summed E-state index contributed by atoms with van der Waals surface area (Å²) in [6, 6.07) is 5.59. The average molecular weight is 310 g/mol. The highest BCUT2D eigenvalue weighted by atomic mass is 35.5. The van der Waals surface area contributed by atoms with Crippen molar-refractivity contribution in [2.24, 2.45) is 12.8 Å². The number of halogens is 2. The topological polar surface area (TPSA) is 77.1 Å². The molecule has 110 valence electrons. The van der Waals surface area contributed by atoms with Crippen molar-refractivity contribution in [3.8, 4) is 0 Å². The largest absolute Gasteiger partial charge is 0.368 e. The van der Waals surface area contributed by atoms with Crippen molar-refractivity contribution in [3.05, 3.63) is 58.6 Å². The molecule has 0 aliphatic heterocycles. The number of hydrogen-bond donors (Lipinski definition) is 2. The first-order valence-electron chi connectivity index (χ1n) is 6.06. The molecule has 0 spiro atoms. The van der Waals surface area contributed by atoms with Gasteiger partial charge in [-0.3, -0.25) is 9.59 Å². The van der Waals surface area contributed by atoms with Crippen LogP contribution < -0.4 is 11.1 Å². The minimum Gasteiger partial charge on any atom is -0.368 e. The minimum absolute atomic E-state index is 0.286. The third kappa shape index (κ3) is 3.41. The molecule has 0 bridgehead atoms. The lowest BCUT2D eigenvalue weighted by Crippen LogP contribution is -2.38. The Labute approximate surface area is 125 Å². The maximum absolute atomic E-state index is 12.9. The fraction of sp³-hybridized carbons (Fsp3) is 0.143. The van der Waals surface area contributed by atoms with Crippen LogP contribution in [0.2, 0.25) is 5.02 Å². The maximum Gasteiger partial charge on any atom is 0.268 e. The maximum atomic E-state index is 12.9. The van der Waals surface area contributed by atoms with Crippen LogP contribution in [0.4, 0.5) is 4.39 Å². The van der Waals surface area contributed by atoms with E-state index in [2.05, 4.69) is 5.32 Å². The Bertz CT molecular complexity index is 682. The number of nitrogens with one attached hydrogen (secondary N) is 1. The molecule has 5 nitrogen and oxygen atoms in total. The number of hydrogen-bond acceptors (Lipinski definition) is 2. The van der Waals surface area contributed by atoms with E-state index in [1.807, 2.05) is 0 Å². The molecule has 1 aromatic carbocycles. The van der Waals surface area contributed by atoms with Crippen LogP contribution in [0.1, 0.15) is 22.1 Å². The summed E-state index contributed by atoms with van der Waals surface area (Å²) >= 11 is 5.81. The SMILES string of the molecule is Cn1cc(Cl)cc1C(=O)N[C@H](C(N)=O)c1ccc(F)cc1. The highest BCUT2D eigenvalue weighted by Gasteiger charge is 2.22. The normalized spacial score (nSPS) is 12.0. The number of primary amides is 1. The summed E-state index contributed by atoms with van der Waals surface area (Å²) in [6.07, 6.45) is 1.56. The molecule has 1 aromatic heterocycles. The van der Waals surface area contributed by atoms with E-state index >= 15 is 0 Å². The highest BCUT2D eigenvalue weighted by Crippen LogP contribution is 2.16. The van der Waals surface area contributed by atoms with Crippen molar-refractivity contribution < 1.29 is 14.0 Å². The molecule has 0 aliphatic carbocycles. The van der Waals surface area contributed by atoms with Crippen LogP contribution in [0.5, 0.6) is 0 Å². The zero-order valence-electron chi connectivity index (χ0n) is 11.1. The number of aryl methyl sites for hydroxylation is 1. The first kappa shape index (κ1) is 15.1. The van der Waals surface area contributed by atoms with Gasteiger partial charge in [-0.25, -0.2) is 4.39 Å². The first-order chi connectivity index (χ1) is 9.88. The lowest BCUT2D eigenvalue weighted by Gasteiger charge is -2.16. The number of aromatic nitrogens is 1. The van der Waals surface area contributed by atoms with E-state index in [0.29, 0.717) is 10.6 Å². The van der Waals surface area contributed by atoms with Crippen molar-refractivity contribution in [2.75, 3.05) is 0 Å². The molecular weight excluding hydrogens is 297 g/mol. The molecule has 7 heteroatoms. The smallest absolute Gasteiger partial charge is 0.268 e. The second-order valence-electron chi connectivity index (χ2n) is 4.51. The number of nitrogens with two attached hydrogens (primary N) is 1. The highest BCUT2D eigenvalue weighted by molar-refractivity contribution is 6.31. The van der Waals surface area contributed by atoms with Crippen LogP contribution in [0.25, 0.3) is 0 Å². The van der Waals surface area contributed by atoms with Gasteiger partial charge in [-0.15, -0.1) is 0 Å². The van der Waals surface area contributed by atoms with E-state index in [9.17, 15) is 14.0 Å². The number of rotatable bonds is 4. The van der Waals surface area contributed by atoms with Crippen molar-refractivity contribution in [1.82, 2.24) is 9.88 Å². The van der Waals surface area contributed by atoms with Gasteiger partial charge in [0, 0.05) is 13.2 Å². The average Bonchev–Trinajstić information content (AvgIpc) is 2.76. The summed E-state index contributed by atoms with van der Waals surface area (Å²) in [5.41, 5.74) is 5.98. The summed E-state index contributed by atoms with van der Waals surface area (Å²) in [5, 5.41) is 2.91. The van der Waals surface area contributed by atoms with Gasteiger partial charge < -0.3 is 15.6 Å². The van der Waals surface area contributed by atoms with E-state index < -0.39 is 23.7 Å². The van der Waals surface area contributed by atoms with E-state index in [-0.39, 0.29) is 5.69 Å². The third-order valence-electron chi connectivity index (χ3n) is 2.97. The predicted molar refractivity (Wildman–Crippen MR) is 76.2 cm³/mol. The Hall–Kier alpha value is -2.34. The Balaban J connectivity index is 2.24. The van der Waals surface area contributed by atoms with E-state index in [0.717, 1.165) is 0 Å². The second kappa shape index (κ2) is 5.97. The van der Waals surface area contributed by atoms with Gasteiger partial charge in [0.2, 0.25) is 5.91 Å². The summed E-state index contributed by atoms with van der Waals surface area (Å²) in [5.74, 6) is -1.68. The Kier molecular flexibility index (Phi) is 4.28. The van der Waals surface area contributed by atoms with Crippen molar-refractivity contribution in [3.63, 3.8) is 0 Å². The van der Waals surface area contributed by atoms with Gasteiger partial charge in [0.1, 0.15) is 17.6 Å². The number of carbonyl (C=O) groups is 2. The molecule has 1 heterocycles. The van der Waals surface area contributed by atoms with Gasteiger partial charge in [-0.1, -0.05) is 23.7 Å². The standard InChI is InChI=1S/C14H13ClFN3O2/c1-19-7-9(15)6-11(19)14(21)18-12(13(17)20)8-2-4-10(16)5-3-8/h2-7,12H,1H3,(H2,17,20)(H,18,21)/t12-/m0/s1. The molecule has 0 radical (unpaired) electrons. The molecule has 0 aliphatic rings. The van der Waals surface area contributed by atoms with Gasteiger partial charge in [0.15, 0.2) is 0 Å². The summed E-state index contributed by atoms with van der Waals surface area (Å²) in [7, 11) is 1.65. The van der Waals surface area contributed by atoms with Crippen molar-refractivity contribution in [1.29, 1.82) is 0 Å².